The summed E-state index contributed by atoms with van der Waals surface area (Å²) in [4.78, 5) is 42.9. The SMILES string of the molecule is CN(C)C(=O)c1ccc(N2CCN(C(=O)CCC3NC(=O)C4CCCCC4N3)CC2)c(Cl)c1. The molecular weight excluding hydrogens is 442 g/mol. The van der Waals surface area contributed by atoms with Crippen LogP contribution in [0.4, 0.5) is 5.69 Å². The Labute approximate surface area is 200 Å². The van der Waals surface area contributed by atoms with Gasteiger partial charge in [-0.25, -0.2) is 0 Å². The van der Waals surface area contributed by atoms with Crippen LogP contribution in [0, 0.1) is 5.92 Å². The Balaban J connectivity index is 1.25. The predicted octanol–water partition coefficient (Wildman–Crippen LogP) is 2.07. The average Bonchev–Trinajstić information content (AvgIpc) is 2.82. The highest BCUT2D eigenvalue weighted by atomic mass is 35.5. The number of carbonyl (C=O) groups excluding carboxylic acids is 3. The van der Waals surface area contributed by atoms with Gasteiger partial charge in [0, 0.05) is 58.3 Å². The topological polar surface area (TPSA) is 85.0 Å². The quantitative estimate of drug-likeness (QED) is 0.681. The lowest BCUT2D eigenvalue weighted by Crippen LogP contribution is -2.62. The lowest BCUT2D eigenvalue weighted by Gasteiger charge is -2.40. The molecule has 1 aliphatic carbocycles. The van der Waals surface area contributed by atoms with Gasteiger partial charge in [0.05, 0.1) is 22.8 Å². The van der Waals surface area contributed by atoms with Gasteiger partial charge in [0.1, 0.15) is 0 Å². The molecule has 2 aliphatic heterocycles. The number of hydrogen-bond donors (Lipinski definition) is 2. The molecule has 2 N–H and O–H groups in total. The van der Waals surface area contributed by atoms with Crippen molar-refractivity contribution in [3.05, 3.63) is 28.8 Å². The van der Waals surface area contributed by atoms with E-state index in [9.17, 15) is 14.4 Å². The minimum absolute atomic E-state index is 0.0819. The number of benzene rings is 1. The van der Waals surface area contributed by atoms with Gasteiger partial charge in [-0.2, -0.15) is 0 Å². The number of anilines is 1. The molecule has 3 aliphatic rings. The minimum atomic E-state index is -0.121. The van der Waals surface area contributed by atoms with Crippen molar-refractivity contribution in [3.8, 4) is 0 Å². The van der Waals surface area contributed by atoms with Crippen LogP contribution in [0.1, 0.15) is 48.9 Å². The zero-order chi connectivity index (χ0) is 23.5. The maximum Gasteiger partial charge on any atom is 0.253 e. The number of carbonyl (C=O) groups is 3. The lowest BCUT2D eigenvalue weighted by molar-refractivity contribution is -0.134. The van der Waals surface area contributed by atoms with Crippen LogP contribution in [-0.2, 0) is 9.59 Å². The van der Waals surface area contributed by atoms with E-state index in [4.69, 9.17) is 11.6 Å². The van der Waals surface area contributed by atoms with Crippen LogP contribution in [0.3, 0.4) is 0 Å². The fourth-order valence-corrected chi connectivity index (χ4v) is 5.46. The fraction of sp³-hybridized carbons (Fsp3) is 0.625. The van der Waals surface area contributed by atoms with E-state index in [1.165, 1.54) is 4.90 Å². The van der Waals surface area contributed by atoms with Crippen LogP contribution in [0.2, 0.25) is 5.02 Å². The molecule has 0 radical (unpaired) electrons. The number of halogens is 1. The monoisotopic (exact) mass is 475 g/mol. The summed E-state index contributed by atoms with van der Waals surface area (Å²) in [6, 6.07) is 5.63. The van der Waals surface area contributed by atoms with E-state index in [2.05, 4.69) is 15.5 Å². The van der Waals surface area contributed by atoms with Gasteiger partial charge in [0.25, 0.3) is 5.91 Å². The Morgan fingerprint density at radius 2 is 1.85 bits per heavy atom. The molecule has 33 heavy (non-hydrogen) atoms. The smallest absolute Gasteiger partial charge is 0.253 e. The van der Waals surface area contributed by atoms with E-state index in [1.807, 2.05) is 11.0 Å². The maximum atomic E-state index is 12.8. The van der Waals surface area contributed by atoms with Crippen LogP contribution in [0.25, 0.3) is 0 Å². The van der Waals surface area contributed by atoms with E-state index in [0.717, 1.165) is 31.4 Å². The van der Waals surface area contributed by atoms with Crippen molar-refractivity contribution < 1.29 is 14.4 Å². The minimum Gasteiger partial charge on any atom is -0.367 e. The third-order valence-electron chi connectivity index (χ3n) is 7.06. The van der Waals surface area contributed by atoms with Gasteiger partial charge < -0.3 is 20.0 Å². The van der Waals surface area contributed by atoms with Gasteiger partial charge in [0.15, 0.2) is 0 Å². The molecule has 1 aromatic rings. The first-order valence-corrected chi connectivity index (χ1v) is 12.3. The van der Waals surface area contributed by atoms with Gasteiger partial charge >= 0.3 is 0 Å². The first kappa shape index (κ1) is 23.8. The number of amides is 3. The van der Waals surface area contributed by atoms with E-state index >= 15 is 0 Å². The fourth-order valence-electron chi connectivity index (χ4n) is 5.16. The second kappa shape index (κ2) is 10.3. The molecule has 3 unspecified atom stereocenters. The molecule has 3 amide bonds. The van der Waals surface area contributed by atoms with Crippen molar-refractivity contribution >= 4 is 35.0 Å². The summed E-state index contributed by atoms with van der Waals surface area (Å²) >= 11 is 6.47. The number of piperazine rings is 1. The van der Waals surface area contributed by atoms with E-state index in [0.29, 0.717) is 49.6 Å². The highest BCUT2D eigenvalue weighted by Crippen LogP contribution is 2.29. The van der Waals surface area contributed by atoms with Gasteiger partial charge in [-0.15, -0.1) is 0 Å². The molecule has 2 saturated heterocycles. The Hall–Kier alpha value is -2.32. The van der Waals surface area contributed by atoms with Crippen molar-refractivity contribution in [2.24, 2.45) is 5.92 Å². The normalized spacial score (nSPS) is 25.3. The second-order valence-corrected chi connectivity index (χ2v) is 9.90. The van der Waals surface area contributed by atoms with E-state index < -0.39 is 0 Å². The zero-order valence-corrected chi connectivity index (χ0v) is 20.2. The third kappa shape index (κ3) is 5.44. The predicted molar refractivity (Wildman–Crippen MR) is 128 cm³/mol. The van der Waals surface area contributed by atoms with Crippen molar-refractivity contribution in [1.82, 2.24) is 20.4 Å². The maximum absolute atomic E-state index is 12.8. The molecule has 0 spiro atoms. The first-order valence-electron chi connectivity index (χ1n) is 11.9. The van der Waals surface area contributed by atoms with Crippen LogP contribution < -0.4 is 15.5 Å². The standard InChI is InChI=1S/C24H34ClN5O3/c1-28(2)24(33)16-7-8-20(18(25)15-16)29-11-13-30(14-12-29)22(31)10-9-21-26-19-6-4-3-5-17(19)23(32)27-21/h7-8,15,17,19,21,26H,3-6,9-14H2,1-2H3,(H,27,32). The van der Waals surface area contributed by atoms with E-state index in [-0.39, 0.29) is 35.8 Å². The van der Waals surface area contributed by atoms with Gasteiger partial charge in [0.2, 0.25) is 11.8 Å². The number of hydrogen-bond acceptors (Lipinski definition) is 5. The molecule has 8 nitrogen and oxygen atoms in total. The molecular formula is C24H34ClN5O3. The third-order valence-corrected chi connectivity index (χ3v) is 7.36. The van der Waals surface area contributed by atoms with Crippen LogP contribution in [0.5, 0.6) is 0 Å². The molecule has 180 valence electrons. The molecule has 3 atom stereocenters. The lowest BCUT2D eigenvalue weighted by atomic mass is 9.82. The molecule has 0 aromatic heterocycles. The highest BCUT2D eigenvalue weighted by Gasteiger charge is 2.37. The zero-order valence-electron chi connectivity index (χ0n) is 19.5. The summed E-state index contributed by atoms with van der Waals surface area (Å²) in [5, 5.41) is 7.15. The van der Waals surface area contributed by atoms with Crippen molar-refractivity contribution in [2.45, 2.75) is 50.7 Å². The van der Waals surface area contributed by atoms with E-state index in [1.54, 1.807) is 26.2 Å². The molecule has 9 heteroatoms. The Morgan fingerprint density at radius 1 is 1.12 bits per heavy atom. The van der Waals surface area contributed by atoms with Crippen LogP contribution in [0.15, 0.2) is 18.2 Å². The molecule has 4 rings (SSSR count). The number of rotatable bonds is 5. The van der Waals surface area contributed by atoms with Crippen LogP contribution in [-0.4, -0.2) is 80.0 Å². The largest absolute Gasteiger partial charge is 0.367 e. The summed E-state index contributed by atoms with van der Waals surface area (Å²) in [7, 11) is 3.43. The van der Waals surface area contributed by atoms with Crippen molar-refractivity contribution in [3.63, 3.8) is 0 Å². The molecule has 1 saturated carbocycles. The summed E-state index contributed by atoms with van der Waals surface area (Å²) in [5.41, 5.74) is 1.45. The van der Waals surface area contributed by atoms with Crippen molar-refractivity contribution in [1.29, 1.82) is 0 Å². The van der Waals surface area contributed by atoms with Gasteiger partial charge in [-0.3, -0.25) is 19.7 Å². The Morgan fingerprint density at radius 3 is 2.55 bits per heavy atom. The Bertz CT molecular complexity index is 900. The first-order chi connectivity index (χ1) is 15.8. The summed E-state index contributed by atoms with van der Waals surface area (Å²) in [5.74, 6) is 0.261. The molecule has 0 bridgehead atoms. The van der Waals surface area contributed by atoms with Gasteiger partial charge in [-0.05, 0) is 37.5 Å². The summed E-state index contributed by atoms with van der Waals surface area (Å²) < 4.78 is 0. The second-order valence-electron chi connectivity index (χ2n) is 9.50. The number of nitrogens with one attached hydrogen (secondary N) is 2. The van der Waals surface area contributed by atoms with Crippen molar-refractivity contribution in [2.75, 3.05) is 45.2 Å². The Kier molecular flexibility index (Phi) is 7.44. The molecule has 1 aromatic carbocycles. The highest BCUT2D eigenvalue weighted by molar-refractivity contribution is 6.33. The number of fused-ring (bicyclic) bond motifs is 1. The van der Waals surface area contributed by atoms with Crippen LogP contribution >= 0.6 is 11.6 Å². The number of nitrogens with zero attached hydrogens (tertiary/aromatic N) is 3. The van der Waals surface area contributed by atoms with Gasteiger partial charge in [-0.1, -0.05) is 24.4 Å². The molecule has 3 fully saturated rings. The average molecular weight is 476 g/mol. The molecule has 2 heterocycles. The summed E-state index contributed by atoms with van der Waals surface area (Å²) in [6.07, 6.45) is 5.18. The summed E-state index contributed by atoms with van der Waals surface area (Å²) in [6.45, 7) is 2.63.